The van der Waals surface area contributed by atoms with Crippen LogP contribution < -0.4 is 14.9 Å². The number of nitrogens with zero attached hydrogens (tertiary/aromatic N) is 3. The van der Waals surface area contributed by atoms with Crippen molar-refractivity contribution in [1.82, 2.24) is 19.8 Å². The van der Waals surface area contributed by atoms with E-state index in [9.17, 15) is 4.79 Å². The fourth-order valence-corrected chi connectivity index (χ4v) is 5.00. The summed E-state index contributed by atoms with van der Waals surface area (Å²) in [6, 6.07) is 14.5. The van der Waals surface area contributed by atoms with Crippen LogP contribution >= 0.6 is 0 Å². The standard InChI is InChI=1S/C26H31N5O4/c1-25(2,3)35-24(32)29-14-12-26(13-15-29)16-19(22-20(33-4)6-5-7-21(22)34-26)17-8-10-18(11-9-17)23-27-31-28-30(23)31/h5-11,16,23,27-28H,12-15H2,1-4H3. The SMILES string of the molecule is COc1cccc2c1C(c1ccc(C3Nn4[nH]n43)cc1)=CC1(CCN(C(=O)OC(C)(C)C)CC1)O2. The lowest BCUT2D eigenvalue weighted by atomic mass is 9.82. The maximum atomic E-state index is 12.6. The van der Waals surface area contributed by atoms with Crippen LogP contribution in [0.4, 0.5) is 4.79 Å². The molecule has 1 atom stereocenters. The number of aromatic amines is 1. The number of hydrogen-bond acceptors (Lipinski definition) is 5. The van der Waals surface area contributed by atoms with Gasteiger partial charge >= 0.3 is 6.09 Å². The van der Waals surface area contributed by atoms with E-state index >= 15 is 0 Å². The van der Waals surface area contributed by atoms with Gasteiger partial charge in [0.05, 0.1) is 12.7 Å². The smallest absolute Gasteiger partial charge is 0.410 e. The van der Waals surface area contributed by atoms with Crippen LogP contribution in [0.5, 0.6) is 11.5 Å². The maximum absolute atomic E-state index is 12.6. The Labute approximate surface area is 204 Å². The molecule has 1 aromatic heterocycles. The second-order valence-corrected chi connectivity index (χ2v) is 10.4. The van der Waals surface area contributed by atoms with Crippen molar-refractivity contribution in [2.75, 3.05) is 25.6 Å². The lowest BCUT2D eigenvalue weighted by molar-refractivity contribution is -0.00120. The van der Waals surface area contributed by atoms with Gasteiger partial charge in [-0.05, 0) is 55.7 Å². The van der Waals surface area contributed by atoms with Crippen molar-refractivity contribution in [2.24, 2.45) is 0 Å². The quantitative estimate of drug-likeness (QED) is 0.587. The number of methoxy groups -OCH3 is 1. The highest BCUT2D eigenvalue weighted by atomic mass is 16.6. The summed E-state index contributed by atoms with van der Waals surface area (Å²) in [6.45, 7) is 6.82. The molecule has 2 N–H and O–H groups in total. The minimum atomic E-state index is -0.512. The van der Waals surface area contributed by atoms with Crippen LogP contribution in [0, 0.1) is 0 Å². The van der Waals surface area contributed by atoms with Gasteiger partial charge in [0, 0.05) is 25.9 Å². The van der Waals surface area contributed by atoms with Gasteiger partial charge in [0.2, 0.25) is 0 Å². The number of fused-ring (bicyclic) bond motifs is 2. The van der Waals surface area contributed by atoms with E-state index < -0.39 is 11.2 Å². The molecule has 0 radical (unpaired) electrons. The summed E-state index contributed by atoms with van der Waals surface area (Å²) in [5.41, 5.74) is 6.62. The minimum absolute atomic E-state index is 0.151. The van der Waals surface area contributed by atoms with E-state index in [0.717, 1.165) is 28.2 Å². The summed E-state index contributed by atoms with van der Waals surface area (Å²) in [6.07, 6.45) is 3.49. The van der Waals surface area contributed by atoms with Crippen LogP contribution in [0.25, 0.3) is 5.57 Å². The number of rotatable bonds is 3. The number of piperidine rings is 1. The van der Waals surface area contributed by atoms with Crippen LogP contribution in [0.1, 0.15) is 56.5 Å². The van der Waals surface area contributed by atoms with Crippen molar-refractivity contribution < 1.29 is 19.0 Å². The third-order valence-electron chi connectivity index (χ3n) is 6.86. The topological polar surface area (TPSA) is 85.7 Å². The largest absolute Gasteiger partial charge is 0.496 e. The molecule has 1 saturated heterocycles. The fraction of sp³-hybridized carbons (Fsp3) is 0.423. The van der Waals surface area contributed by atoms with Gasteiger partial charge < -0.3 is 19.1 Å². The number of likely N-dealkylation sites (tertiary alicyclic amines) is 1. The molecule has 0 bridgehead atoms. The van der Waals surface area contributed by atoms with Crippen molar-refractivity contribution in [3.8, 4) is 11.5 Å². The van der Waals surface area contributed by atoms with E-state index in [2.05, 4.69) is 41.0 Å². The predicted molar refractivity (Wildman–Crippen MR) is 131 cm³/mol. The van der Waals surface area contributed by atoms with Crippen LogP contribution in [-0.2, 0) is 4.74 Å². The van der Waals surface area contributed by atoms with Gasteiger partial charge in [-0.3, -0.25) is 5.43 Å². The number of amides is 1. The molecule has 2 aromatic carbocycles. The summed E-state index contributed by atoms with van der Waals surface area (Å²) < 4.78 is 17.9. The lowest BCUT2D eigenvalue weighted by Crippen LogP contribution is -2.50. The number of benzene rings is 2. The number of carbonyl (C=O) groups is 1. The number of carbonyl (C=O) groups excluding carboxylic acids is 1. The van der Waals surface area contributed by atoms with E-state index in [1.807, 2.05) is 48.7 Å². The van der Waals surface area contributed by atoms with Crippen LogP contribution in [0.2, 0.25) is 0 Å². The number of H-pyrrole nitrogens is 1. The van der Waals surface area contributed by atoms with Crippen molar-refractivity contribution in [3.05, 3.63) is 65.2 Å². The van der Waals surface area contributed by atoms with E-state index in [-0.39, 0.29) is 12.3 Å². The Kier molecular flexibility index (Phi) is 4.74. The first-order chi connectivity index (χ1) is 16.8. The van der Waals surface area contributed by atoms with Crippen molar-refractivity contribution >= 4 is 11.7 Å². The Morgan fingerprint density at radius 1 is 1.11 bits per heavy atom. The Morgan fingerprint density at radius 3 is 2.46 bits per heavy atom. The van der Waals surface area contributed by atoms with Crippen LogP contribution in [0.15, 0.2) is 48.5 Å². The molecule has 1 unspecified atom stereocenters. The fourth-order valence-electron chi connectivity index (χ4n) is 5.00. The summed E-state index contributed by atoms with van der Waals surface area (Å²) in [7, 11) is 1.69. The van der Waals surface area contributed by atoms with E-state index in [1.54, 1.807) is 12.0 Å². The van der Waals surface area contributed by atoms with Crippen molar-refractivity contribution in [3.63, 3.8) is 0 Å². The molecular formula is C26H31N5O4. The predicted octanol–water partition coefficient (Wildman–Crippen LogP) is 4.32. The zero-order chi connectivity index (χ0) is 24.4. The first-order valence-electron chi connectivity index (χ1n) is 12.0. The summed E-state index contributed by atoms with van der Waals surface area (Å²) in [5, 5.41) is 3.10. The Hall–Kier alpha value is -3.75. The highest BCUT2D eigenvalue weighted by molar-refractivity contribution is 5.88. The lowest BCUT2D eigenvalue weighted by Gasteiger charge is -2.43. The highest BCUT2D eigenvalue weighted by Gasteiger charge is 2.41. The van der Waals surface area contributed by atoms with Gasteiger partial charge in [-0.2, -0.15) is 5.21 Å². The summed E-state index contributed by atoms with van der Waals surface area (Å²) >= 11 is 0. The van der Waals surface area contributed by atoms with Crippen molar-refractivity contribution in [2.45, 2.75) is 51.0 Å². The van der Waals surface area contributed by atoms with Crippen LogP contribution in [0.3, 0.4) is 0 Å². The average molecular weight is 478 g/mol. The Balaban J connectivity index is 1.31. The number of nitrogens with one attached hydrogen (secondary N) is 2. The molecular weight excluding hydrogens is 446 g/mol. The minimum Gasteiger partial charge on any atom is -0.496 e. The van der Waals surface area contributed by atoms with E-state index in [4.69, 9.17) is 14.2 Å². The van der Waals surface area contributed by atoms with E-state index in [0.29, 0.717) is 25.9 Å². The van der Waals surface area contributed by atoms with Gasteiger partial charge in [0.1, 0.15) is 22.7 Å². The second-order valence-electron chi connectivity index (χ2n) is 10.4. The summed E-state index contributed by atoms with van der Waals surface area (Å²) in [4.78, 5) is 18.3. The van der Waals surface area contributed by atoms with Gasteiger partial charge in [-0.25, -0.2) is 4.79 Å². The first-order valence-corrected chi connectivity index (χ1v) is 12.0. The second kappa shape index (κ2) is 7.63. The average Bonchev–Trinajstić information content (AvgIpc) is 3.46. The zero-order valence-electron chi connectivity index (χ0n) is 20.5. The number of aromatic nitrogens is 3. The molecule has 3 aliphatic rings. The first kappa shape index (κ1) is 21.8. The molecule has 0 aliphatic carbocycles. The maximum Gasteiger partial charge on any atom is 0.410 e. The highest BCUT2D eigenvalue weighted by Crippen LogP contribution is 2.47. The zero-order valence-corrected chi connectivity index (χ0v) is 20.5. The molecule has 9 heteroatoms. The molecule has 3 aromatic rings. The number of ether oxygens (including phenoxy) is 3. The van der Waals surface area contributed by atoms with E-state index in [1.165, 1.54) is 5.56 Å². The number of hydrogen-bond donors (Lipinski definition) is 2. The molecule has 1 fully saturated rings. The third kappa shape index (κ3) is 3.84. The van der Waals surface area contributed by atoms with Crippen molar-refractivity contribution in [1.29, 1.82) is 0 Å². The molecule has 1 amide bonds. The monoisotopic (exact) mass is 477 g/mol. The Morgan fingerprint density at radius 2 is 1.86 bits per heavy atom. The Bertz CT molecular complexity index is 1280. The molecule has 1 spiro atoms. The summed E-state index contributed by atoms with van der Waals surface area (Å²) in [5.74, 6) is 1.59. The molecule has 6 rings (SSSR count). The third-order valence-corrected chi connectivity index (χ3v) is 6.86. The molecule has 184 valence electrons. The molecule has 3 aliphatic heterocycles. The van der Waals surface area contributed by atoms with Gasteiger partial charge in [-0.1, -0.05) is 35.2 Å². The molecule has 4 heterocycles. The van der Waals surface area contributed by atoms with Crippen LogP contribution in [-0.4, -0.2) is 57.3 Å². The van der Waals surface area contributed by atoms with Gasteiger partial charge in [-0.15, -0.1) is 4.80 Å². The van der Waals surface area contributed by atoms with Gasteiger partial charge in [0.25, 0.3) is 0 Å². The molecule has 9 nitrogen and oxygen atoms in total. The van der Waals surface area contributed by atoms with Gasteiger partial charge in [0.15, 0.2) is 6.17 Å². The molecule has 35 heavy (non-hydrogen) atoms. The normalized spacial score (nSPS) is 20.2. The molecule has 0 saturated carbocycles.